The first-order chi connectivity index (χ1) is 9.31. The lowest BCUT2D eigenvalue weighted by atomic mass is 10.1. The largest absolute Gasteiger partial charge is 0.349 e. The summed E-state index contributed by atoms with van der Waals surface area (Å²) in [7, 11) is 0. The van der Waals surface area contributed by atoms with Crippen molar-refractivity contribution in [3.05, 3.63) is 34.6 Å². The van der Waals surface area contributed by atoms with Crippen molar-refractivity contribution in [3.63, 3.8) is 0 Å². The van der Waals surface area contributed by atoms with Crippen molar-refractivity contribution >= 4 is 17.5 Å². The molecule has 0 fully saturated rings. The van der Waals surface area contributed by atoms with E-state index in [-0.39, 0.29) is 0 Å². The Labute approximate surface area is 116 Å². The van der Waals surface area contributed by atoms with Crippen LogP contribution in [0.3, 0.4) is 0 Å². The molecular formula is C12H11ClF5NO. The topological polar surface area (TPSA) is 29.1 Å². The molecule has 0 heterocycles. The molecule has 2 nitrogen and oxygen atoms in total. The zero-order chi connectivity index (χ0) is 15.4. The van der Waals surface area contributed by atoms with Crippen LogP contribution in [0.4, 0.5) is 22.0 Å². The van der Waals surface area contributed by atoms with Gasteiger partial charge in [-0.2, -0.15) is 0 Å². The number of alkyl halides is 1. The molecule has 0 bridgehead atoms. The number of hydrogen-bond acceptors (Lipinski definition) is 1. The highest BCUT2D eigenvalue weighted by molar-refractivity contribution is 6.17. The second-order valence-electron chi connectivity index (χ2n) is 4.15. The molecule has 1 aromatic carbocycles. The monoisotopic (exact) mass is 315 g/mol. The van der Waals surface area contributed by atoms with Gasteiger partial charge in [-0.3, -0.25) is 4.79 Å². The molecule has 0 aliphatic heterocycles. The van der Waals surface area contributed by atoms with Crippen molar-refractivity contribution in [2.45, 2.75) is 25.8 Å². The van der Waals surface area contributed by atoms with Gasteiger partial charge in [0, 0.05) is 11.9 Å². The van der Waals surface area contributed by atoms with E-state index in [1.807, 2.05) is 0 Å². The van der Waals surface area contributed by atoms with Crippen LogP contribution in [0.25, 0.3) is 0 Å². The van der Waals surface area contributed by atoms with Crippen molar-refractivity contribution < 1.29 is 26.7 Å². The molecule has 1 N–H and O–H groups in total. The van der Waals surface area contributed by atoms with Gasteiger partial charge in [-0.15, -0.1) is 11.6 Å². The van der Waals surface area contributed by atoms with E-state index < -0.39 is 46.6 Å². The minimum absolute atomic E-state index is 0.322. The van der Waals surface area contributed by atoms with E-state index in [1.165, 1.54) is 6.92 Å². The first-order valence-corrected chi connectivity index (χ1v) is 6.23. The van der Waals surface area contributed by atoms with Crippen LogP contribution in [-0.2, 0) is 0 Å². The average Bonchev–Trinajstić information content (AvgIpc) is 2.40. The summed E-state index contributed by atoms with van der Waals surface area (Å²) in [5, 5.41) is 2.15. The molecule has 20 heavy (non-hydrogen) atoms. The third-order valence-electron chi connectivity index (χ3n) is 2.59. The van der Waals surface area contributed by atoms with Gasteiger partial charge in [0.1, 0.15) is 5.56 Å². The Morgan fingerprint density at radius 3 is 1.95 bits per heavy atom. The van der Waals surface area contributed by atoms with Crippen LogP contribution >= 0.6 is 11.6 Å². The number of carbonyl (C=O) groups excluding carboxylic acids is 1. The molecule has 0 radical (unpaired) electrons. The predicted octanol–water partition coefficient (Wildman–Crippen LogP) is 3.52. The molecule has 1 amide bonds. The van der Waals surface area contributed by atoms with E-state index in [9.17, 15) is 26.7 Å². The van der Waals surface area contributed by atoms with Crippen molar-refractivity contribution in [2.24, 2.45) is 0 Å². The third-order valence-corrected chi connectivity index (χ3v) is 2.85. The summed E-state index contributed by atoms with van der Waals surface area (Å²) >= 11 is 5.44. The van der Waals surface area contributed by atoms with Crippen molar-refractivity contribution in [2.75, 3.05) is 5.88 Å². The Morgan fingerprint density at radius 2 is 1.50 bits per heavy atom. The van der Waals surface area contributed by atoms with Gasteiger partial charge in [0.25, 0.3) is 5.91 Å². The minimum atomic E-state index is -2.30. The summed E-state index contributed by atoms with van der Waals surface area (Å²) in [4.78, 5) is 11.6. The number of benzene rings is 1. The Morgan fingerprint density at radius 1 is 1.05 bits per heavy atom. The van der Waals surface area contributed by atoms with Crippen LogP contribution in [0.15, 0.2) is 0 Å². The van der Waals surface area contributed by atoms with Crippen LogP contribution < -0.4 is 5.32 Å². The van der Waals surface area contributed by atoms with Gasteiger partial charge >= 0.3 is 0 Å². The molecule has 112 valence electrons. The van der Waals surface area contributed by atoms with Crippen molar-refractivity contribution in [3.8, 4) is 0 Å². The molecule has 8 heteroatoms. The second kappa shape index (κ2) is 6.88. The summed E-state index contributed by atoms with van der Waals surface area (Å²) in [6, 6.07) is -0.517. The lowest BCUT2D eigenvalue weighted by Gasteiger charge is -2.14. The molecule has 0 aromatic heterocycles. The number of nitrogens with one attached hydrogen (secondary N) is 1. The molecular weight excluding hydrogens is 305 g/mol. The summed E-state index contributed by atoms with van der Waals surface area (Å²) in [6.07, 6.45) is 0.935. The lowest BCUT2D eigenvalue weighted by molar-refractivity contribution is 0.0926. The summed E-state index contributed by atoms with van der Waals surface area (Å²) in [5.74, 6) is -11.9. The van der Waals surface area contributed by atoms with Gasteiger partial charge in [-0.1, -0.05) is 0 Å². The zero-order valence-corrected chi connectivity index (χ0v) is 11.1. The fraction of sp³-hybridized carbons (Fsp3) is 0.417. The van der Waals surface area contributed by atoms with Crippen LogP contribution in [0.2, 0.25) is 0 Å². The molecule has 0 spiro atoms. The highest BCUT2D eigenvalue weighted by Gasteiger charge is 2.30. The van der Waals surface area contributed by atoms with Crippen LogP contribution in [0.1, 0.15) is 30.1 Å². The molecule has 0 saturated carbocycles. The number of halogens is 6. The number of amides is 1. The van der Waals surface area contributed by atoms with Gasteiger partial charge in [0.15, 0.2) is 23.3 Å². The predicted molar refractivity (Wildman–Crippen MR) is 63.1 cm³/mol. The molecule has 0 aliphatic carbocycles. The smallest absolute Gasteiger partial charge is 0.257 e. The SMILES string of the molecule is CC(CCCCl)NC(=O)c1c(F)c(F)c(F)c(F)c1F. The first-order valence-electron chi connectivity index (χ1n) is 5.69. The van der Waals surface area contributed by atoms with Gasteiger partial charge in [-0.25, -0.2) is 22.0 Å². The van der Waals surface area contributed by atoms with Gasteiger partial charge in [-0.05, 0) is 19.8 Å². The Balaban J connectivity index is 3.05. The summed E-state index contributed by atoms with van der Waals surface area (Å²) in [6.45, 7) is 1.52. The van der Waals surface area contributed by atoms with Crippen LogP contribution in [0, 0.1) is 29.1 Å². The highest BCUT2D eigenvalue weighted by Crippen LogP contribution is 2.23. The Bertz CT molecular complexity index is 494. The first kappa shape index (κ1) is 16.7. The molecule has 1 atom stereocenters. The summed E-state index contributed by atoms with van der Waals surface area (Å²) < 4.78 is 65.4. The minimum Gasteiger partial charge on any atom is -0.349 e. The highest BCUT2D eigenvalue weighted by atomic mass is 35.5. The molecule has 0 aliphatic rings. The Kier molecular flexibility index (Phi) is 5.74. The fourth-order valence-electron chi connectivity index (χ4n) is 1.56. The third kappa shape index (κ3) is 3.39. The zero-order valence-electron chi connectivity index (χ0n) is 10.4. The number of carbonyl (C=O) groups is 1. The van der Waals surface area contributed by atoms with E-state index >= 15 is 0 Å². The normalized spacial score (nSPS) is 12.3. The fourth-order valence-corrected chi connectivity index (χ4v) is 1.71. The maximum absolute atomic E-state index is 13.4. The standard InChI is InChI=1S/C12H11ClF5NO/c1-5(3-2-4-13)19-12(20)6-7(14)9(16)11(18)10(17)8(6)15/h5H,2-4H2,1H3,(H,19,20). The van der Waals surface area contributed by atoms with E-state index in [0.29, 0.717) is 18.7 Å². The van der Waals surface area contributed by atoms with Gasteiger partial charge < -0.3 is 5.32 Å². The average molecular weight is 316 g/mol. The maximum atomic E-state index is 13.4. The summed E-state index contributed by atoms with van der Waals surface area (Å²) in [5.41, 5.74) is -1.49. The van der Waals surface area contributed by atoms with Crippen molar-refractivity contribution in [1.29, 1.82) is 0 Å². The molecule has 0 saturated heterocycles. The van der Waals surface area contributed by atoms with Gasteiger partial charge in [0.2, 0.25) is 5.82 Å². The second-order valence-corrected chi connectivity index (χ2v) is 4.53. The van der Waals surface area contributed by atoms with E-state index in [0.717, 1.165) is 0 Å². The molecule has 1 rings (SSSR count). The lowest BCUT2D eigenvalue weighted by Crippen LogP contribution is -2.34. The molecule has 1 aromatic rings. The number of hydrogen-bond donors (Lipinski definition) is 1. The van der Waals surface area contributed by atoms with Crippen LogP contribution in [-0.4, -0.2) is 17.8 Å². The van der Waals surface area contributed by atoms with Gasteiger partial charge in [0.05, 0.1) is 0 Å². The molecule has 1 unspecified atom stereocenters. The maximum Gasteiger partial charge on any atom is 0.257 e. The van der Waals surface area contributed by atoms with Crippen molar-refractivity contribution in [1.82, 2.24) is 5.32 Å². The Hall–Kier alpha value is -1.37. The number of rotatable bonds is 5. The van der Waals surface area contributed by atoms with E-state index in [4.69, 9.17) is 11.6 Å². The van der Waals surface area contributed by atoms with E-state index in [1.54, 1.807) is 0 Å². The van der Waals surface area contributed by atoms with Crippen LogP contribution in [0.5, 0.6) is 0 Å². The quantitative estimate of drug-likeness (QED) is 0.383. The van der Waals surface area contributed by atoms with E-state index in [2.05, 4.69) is 5.32 Å².